The number of nitrogens with zero attached hydrogens (tertiary/aromatic N) is 4. The lowest BCUT2D eigenvalue weighted by Gasteiger charge is -2.08. The zero-order chi connectivity index (χ0) is 21.4. The van der Waals surface area contributed by atoms with Crippen molar-refractivity contribution in [3.8, 4) is 11.5 Å². The average molecular weight is 425 g/mol. The summed E-state index contributed by atoms with van der Waals surface area (Å²) in [7, 11) is 2.85. The van der Waals surface area contributed by atoms with Crippen molar-refractivity contribution in [1.82, 2.24) is 18.7 Å². The topological polar surface area (TPSA) is 88.1 Å². The number of halogens is 1. The molecular weight excluding hydrogens is 408 g/mol. The van der Waals surface area contributed by atoms with E-state index < -0.39 is 11.2 Å². The molecule has 0 aliphatic rings. The Kier molecular flexibility index (Phi) is 5.01. The van der Waals surface area contributed by atoms with Crippen molar-refractivity contribution in [3.63, 3.8) is 0 Å². The summed E-state index contributed by atoms with van der Waals surface area (Å²) >= 11 is 6.18. The third-order valence-corrected chi connectivity index (χ3v) is 5.05. The molecule has 0 aliphatic carbocycles. The summed E-state index contributed by atoms with van der Waals surface area (Å²) in [5.74, 6) is 1.01. The minimum Gasteiger partial charge on any atom is -0.457 e. The van der Waals surface area contributed by atoms with Gasteiger partial charge in [0.25, 0.3) is 5.56 Å². The fraction of sp³-hybridized carbons (Fsp3) is 0.143. The fourth-order valence-corrected chi connectivity index (χ4v) is 3.36. The smallest absolute Gasteiger partial charge is 0.332 e. The van der Waals surface area contributed by atoms with Crippen LogP contribution in [0.1, 0.15) is 10.4 Å². The van der Waals surface area contributed by atoms with Crippen LogP contribution in [0, 0.1) is 0 Å². The van der Waals surface area contributed by atoms with Crippen molar-refractivity contribution in [2.45, 2.75) is 6.54 Å². The van der Waals surface area contributed by atoms with Crippen molar-refractivity contribution in [2.75, 3.05) is 0 Å². The maximum atomic E-state index is 12.8. The lowest BCUT2D eigenvalue weighted by molar-refractivity contribution is 0.0973. The Balaban J connectivity index is 1.63. The molecule has 0 amide bonds. The number of fused-ring (bicyclic) bond motifs is 1. The Morgan fingerprint density at radius 2 is 1.60 bits per heavy atom. The van der Waals surface area contributed by atoms with E-state index in [4.69, 9.17) is 16.3 Å². The number of para-hydroxylation sites is 1. The average Bonchev–Trinajstić information content (AvgIpc) is 3.08. The van der Waals surface area contributed by atoms with Crippen LogP contribution >= 0.6 is 11.6 Å². The number of imidazole rings is 1. The summed E-state index contributed by atoms with van der Waals surface area (Å²) < 4.78 is 9.22. The molecular formula is C21H17ClN4O4. The number of ether oxygens (including phenoxy) is 1. The van der Waals surface area contributed by atoms with Crippen LogP contribution in [0.4, 0.5) is 0 Å². The number of carbonyl (C=O) groups excluding carboxylic acids is 1. The normalized spacial score (nSPS) is 11.0. The highest BCUT2D eigenvalue weighted by Gasteiger charge is 2.20. The standard InChI is InChI=1S/C21H17ClN4O4/c1-24-18-17(19(28)25(2)21(24)29)26(20(22)23-18)12-16(27)13-8-10-15(11-9-13)30-14-6-4-3-5-7-14/h3-11H,12H2,1-2H3. The Labute approximate surface area is 175 Å². The van der Waals surface area contributed by atoms with E-state index in [9.17, 15) is 14.4 Å². The zero-order valence-electron chi connectivity index (χ0n) is 16.2. The molecule has 0 saturated carbocycles. The van der Waals surface area contributed by atoms with Crippen LogP contribution in [0.3, 0.4) is 0 Å². The van der Waals surface area contributed by atoms with E-state index in [1.807, 2.05) is 30.3 Å². The first-order valence-electron chi connectivity index (χ1n) is 9.04. The first-order valence-corrected chi connectivity index (χ1v) is 9.42. The van der Waals surface area contributed by atoms with E-state index in [1.54, 1.807) is 24.3 Å². The van der Waals surface area contributed by atoms with Crippen LogP contribution in [-0.4, -0.2) is 24.5 Å². The van der Waals surface area contributed by atoms with Crippen molar-refractivity contribution in [1.29, 1.82) is 0 Å². The summed E-state index contributed by atoms with van der Waals surface area (Å²) in [6.07, 6.45) is 0. The van der Waals surface area contributed by atoms with Gasteiger partial charge in [-0.3, -0.25) is 18.7 Å². The molecule has 0 saturated heterocycles. The van der Waals surface area contributed by atoms with Crippen LogP contribution in [0.5, 0.6) is 11.5 Å². The highest BCUT2D eigenvalue weighted by molar-refractivity contribution is 6.29. The van der Waals surface area contributed by atoms with Gasteiger partial charge < -0.3 is 9.30 Å². The quantitative estimate of drug-likeness (QED) is 0.363. The van der Waals surface area contributed by atoms with E-state index in [1.165, 1.54) is 23.2 Å². The van der Waals surface area contributed by atoms with Gasteiger partial charge in [0.05, 0.1) is 6.54 Å². The number of hydrogen-bond donors (Lipinski definition) is 0. The van der Waals surface area contributed by atoms with Crippen molar-refractivity contribution >= 4 is 28.5 Å². The molecule has 4 rings (SSSR count). The maximum Gasteiger partial charge on any atom is 0.332 e. The predicted molar refractivity (Wildman–Crippen MR) is 113 cm³/mol. The molecule has 2 aromatic carbocycles. The Morgan fingerprint density at radius 1 is 0.967 bits per heavy atom. The number of aromatic nitrogens is 4. The minimum atomic E-state index is -0.563. The van der Waals surface area contributed by atoms with E-state index in [0.29, 0.717) is 17.1 Å². The van der Waals surface area contributed by atoms with Gasteiger partial charge >= 0.3 is 5.69 Å². The van der Waals surface area contributed by atoms with Gasteiger partial charge in [0.1, 0.15) is 11.5 Å². The fourth-order valence-electron chi connectivity index (χ4n) is 3.13. The maximum absolute atomic E-state index is 12.8. The molecule has 9 heteroatoms. The third kappa shape index (κ3) is 3.42. The molecule has 4 aromatic rings. The zero-order valence-corrected chi connectivity index (χ0v) is 17.0. The summed E-state index contributed by atoms with van der Waals surface area (Å²) in [5, 5.41) is -0.0410. The van der Waals surface area contributed by atoms with Gasteiger partial charge in [-0.05, 0) is 48.0 Å². The second kappa shape index (κ2) is 7.64. The van der Waals surface area contributed by atoms with Crippen molar-refractivity contribution in [2.24, 2.45) is 14.1 Å². The molecule has 30 heavy (non-hydrogen) atoms. The Hall–Kier alpha value is -3.65. The first-order chi connectivity index (χ1) is 14.4. The number of aryl methyl sites for hydroxylation is 1. The van der Waals surface area contributed by atoms with Crippen LogP contribution in [-0.2, 0) is 20.6 Å². The molecule has 0 N–H and O–H groups in total. The minimum absolute atomic E-state index is 0.0410. The van der Waals surface area contributed by atoms with Crippen LogP contribution in [0.25, 0.3) is 11.2 Å². The van der Waals surface area contributed by atoms with Gasteiger partial charge in [-0.1, -0.05) is 18.2 Å². The summed E-state index contributed by atoms with van der Waals surface area (Å²) in [6, 6.07) is 16.0. The number of rotatable bonds is 5. The molecule has 0 bridgehead atoms. The molecule has 8 nitrogen and oxygen atoms in total. The number of benzene rings is 2. The highest BCUT2D eigenvalue weighted by Crippen LogP contribution is 2.22. The molecule has 0 fully saturated rings. The summed E-state index contributed by atoms with van der Waals surface area (Å²) in [5.41, 5.74) is -0.425. The lowest BCUT2D eigenvalue weighted by atomic mass is 10.1. The second-order valence-corrected chi connectivity index (χ2v) is 7.05. The molecule has 0 spiro atoms. The van der Waals surface area contributed by atoms with E-state index >= 15 is 0 Å². The Bertz CT molecular complexity index is 1370. The largest absolute Gasteiger partial charge is 0.457 e. The van der Waals surface area contributed by atoms with Gasteiger partial charge in [0.15, 0.2) is 16.9 Å². The molecule has 0 atom stereocenters. The van der Waals surface area contributed by atoms with E-state index in [-0.39, 0.29) is 28.8 Å². The third-order valence-electron chi connectivity index (χ3n) is 4.76. The number of carbonyl (C=O) groups is 1. The number of ketones is 1. The Morgan fingerprint density at radius 3 is 2.27 bits per heavy atom. The first kappa shape index (κ1) is 19.7. The molecule has 152 valence electrons. The molecule has 0 aliphatic heterocycles. The van der Waals surface area contributed by atoms with Crippen molar-refractivity contribution < 1.29 is 9.53 Å². The van der Waals surface area contributed by atoms with Gasteiger partial charge in [0, 0.05) is 19.7 Å². The predicted octanol–water partition coefficient (Wildman–Crippen LogP) is 2.76. The number of Topliss-reactive ketones (excluding diaryl/α,β-unsaturated/α-hetero) is 1. The van der Waals surface area contributed by atoms with Gasteiger partial charge in [0.2, 0.25) is 5.28 Å². The molecule has 0 radical (unpaired) electrons. The van der Waals surface area contributed by atoms with Crippen LogP contribution < -0.4 is 16.0 Å². The van der Waals surface area contributed by atoms with Gasteiger partial charge in [-0.2, -0.15) is 4.98 Å². The lowest BCUT2D eigenvalue weighted by Crippen LogP contribution is -2.37. The van der Waals surface area contributed by atoms with E-state index in [0.717, 1.165) is 4.57 Å². The van der Waals surface area contributed by atoms with Gasteiger partial charge in [-0.25, -0.2) is 4.79 Å². The van der Waals surface area contributed by atoms with Crippen LogP contribution in [0.2, 0.25) is 5.28 Å². The number of hydrogen-bond acceptors (Lipinski definition) is 5. The second-order valence-electron chi connectivity index (χ2n) is 6.71. The highest BCUT2D eigenvalue weighted by atomic mass is 35.5. The summed E-state index contributed by atoms with van der Waals surface area (Å²) in [6.45, 7) is -0.193. The summed E-state index contributed by atoms with van der Waals surface area (Å²) in [4.78, 5) is 41.5. The van der Waals surface area contributed by atoms with Gasteiger partial charge in [-0.15, -0.1) is 0 Å². The van der Waals surface area contributed by atoms with Crippen molar-refractivity contribution in [3.05, 3.63) is 86.3 Å². The molecule has 0 unspecified atom stereocenters. The molecule has 2 heterocycles. The van der Waals surface area contributed by atoms with E-state index in [2.05, 4.69) is 4.98 Å². The SMILES string of the molecule is Cn1c(=O)c2c(nc(Cl)n2CC(=O)c2ccc(Oc3ccccc3)cc2)n(C)c1=O. The monoisotopic (exact) mass is 424 g/mol. The van der Waals surface area contributed by atoms with Crippen LogP contribution in [0.15, 0.2) is 64.2 Å². The molecule has 2 aromatic heterocycles.